The second-order valence-electron chi connectivity index (χ2n) is 0. The predicted octanol–water partition coefficient (Wildman–Crippen LogP) is 0.558. The summed E-state index contributed by atoms with van der Waals surface area (Å²) in [6, 6.07) is 0. The average Bonchev–Trinajstić information content (AvgIpc) is 1.00. The van der Waals surface area contributed by atoms with Crippen LogP contribution in [-0.2, 0) is 2.81 Å². The Balaban J connectivity index is -0.00000000500. The van der Waals surface area contributed by atoms with E-state index in [9.17, 15) is 0 Å². The molecule has 0 aromatic heterocycles. The summed E-state index contributed by atoms with van der Waals surface area (Å²) in [4.78, 5) is 0. The quantitative estimate of drug-likeness (QED) is 0.591. The summed E-state index contributed by atoms with van der Waals surface area (Å²) in [6.07, 6.45) is 0. The van der Waals surface area contributed by atoms with Crippen LogP contribution in [0.5, 0.6) is 0 Å². The van der Waals surface area contributed by atoms with Crippen molar-refractivity contribution in [3.05, 3.63) is 0 Å². The van der Waals surface area contributed by atoms with E-state index in [1.807, 2.05) is 0 Å². The topological polar surface area (TPSA) is 17.1 Å². The molecule has 0 N–H and O–H groups in total. The minimum atomic E-state index is 0. The van der Waals surface area contributed by atoms with E-state index in [2.05, 4.69) is 0 Å². The number of halogens is 1. The summed E-state index contributed by atoms with van der Waals surface area (Å²) in [6.45, 7) is 0. The summed E-state index contributed by atoms with van der Waals surface area (Å²) in [5.41, 5.74) is 0. The maximum atomic E-state index is 8.36. The van der Waals surface area contributed by atoms with Crippen LogP contribution in [0.1, 0.15) is 7.43 Å². The Bertz CT molecular complexity index is 8.00. The van der Waals surface area contributed by atoms with Crippen molar-refractivity contribution in [1.29, 1.82) is 0 Å². The molecule has 0 aliphatic heterocycles. The molecule has 0 rings (SSSR count). The molecule has 0 aliphatic rings. The second kappa shape index (κ2) is 37.1. The first-order valence-corrected chi connectivity index (χ1v) is 1.60. The molecule has 0 saturated carbocycles. The van der Waals surface area contributed by atoms with Crippen LogP contribution in [0.15, 0.2) is 0 Å². The van der Waals surface area contributed by atoms with Crippen molar-refractivity contribution in [1.82, 2.24) is 0 Å². The van der Waals surface area contributed by atoms with Crippen LogP contribution in [0.25, 0.3) is 0 Å². The molecule has 1 nitrogen and oxygen atoms in total. The van der Waals surface area contributed by atoms with Gasteiger partial charge in [0, 0.05) is 0 Å². The summed E-state index contributed by atoms with van der Waals surface area (Å²) in [5.74, 6) is 0. The number of hydrogen-bond donors (Lipinski definition) is 0. The second-order valence-corrected chi connectivity index (χ2v) is 0. The molecule has 0 atom stereocenters. The van der Waals surface area contributed by atoms with E-state index in [1.165, 1.54) is 0 Å². The van der Waals surface area contributed by atoms with Crippen molar-refractivity contribution in [2.75, 3.05) is 0 Å². The summed E-state index contributed by atoms with van der Waals surface area (Å²) >= 11 is 0.194. The van der Waals surface area contributed by atoms with Crippen LogP contribution in [0.4, 0.5) is 0 Å². The first kappa shape index (κ1) is 20.2. The molecule has 0 heterocycles. The molecule has 0 spiro atoms. The van der Waals surface area contributed by atoms with E-state index in [0.29, 0.717) is 0 Å². The van der Waals surface area contributed by atoms with Crippen LogP contribution >= 0.6 is 12.4 Å². The first-order chi connectivity index (χ1) is 1.00. The SMILES string of the molecule is C.Cl.[O]=[Bi]. The Labute approximate surface area is 47.5 Å². The van der Waals surface area contributed by atoms with Gasteiger partial charge in [-0.1, -0.05) is 7.43 Å². The molecule has 0 unspecified atom stereocenters. The molecule has 0 fully saturated rings. The van der Waals surface area contributed by atoms with Crippen molar-refractivity contribution >= 4 is 37.1 Å². The van der Waals surface area contributed by atoms with E-state index in [1.54, 1.807) is 0 Å². The average molecular weight is 277 g/mol. The van der Waals surface area contributed by atoms with Crippen LogP contribution in [0.2, 0.25) is 0 Å². The fourth-order valence-electron chi connectivity index (χ4n) is 0. The molecule has 0 bridgehead atoms. The van der Waals surface area contributed by atoms with Crippen molar-refractivity contribution in [3.8, 4) is 0 Å². The van der Waals surface area contributed by atoms with Crippen LogP contribution in [0, 0.1) is 0 Å². The third-order valence-electron chi connectivity index (χ3n) is 0. The van der Waals surface area contributed by atoms with Gasteiger partial charge >= 0.3 is 27.5 Å². The molecule has 0 saturated heterocycles. The predicted molar refractivity (Wildman–Crippen MR) is 20.4 cm³/mol. The van der Waals surface area contributed by atoms with Crippen LogP contribution in [0.3, 0.4) is 0 Å². The molecule has 4 heavy (non-hydrogen) atoms. The fraction of sp³-hybridized carbons (Fsp3) is 1.00. The van der Waals surface area contributed by atoms with Crippen LogP contribution < -0.4 is 0 Å². The zero-order valence-corrected chi connectivity index (χ0v) is 5.56. The molecule has 0 aliphatic carbocycles. The molecule has 3 heteroatoms. The zero-order chi connectivity index (χ0) is 2.00. The van der Waals surface area contributed by atoms with Gasteiger partial charge in [0.25, 0.3) is 0 Å². The third kappa shape index (κ3) is 12.2. The molecule has 27 valence electrons. The van der Waals surface area contributed by atoms with Gasteiger partial charge in [-0.2, -0.15) is 0 Å². The molecule has 1 radical (unpaired) electrons. The van der Waals surface area contributed by atoms with Crippen molar-refractivity contribution in [2.24, 2.45) is 0 Å². The molecule has 0 amide bonds. The molecule has 0 aromatic rings. The van der Waals surface area contributed by atoms with E-state index in [4.69, 9.17) is 2.81 Å². The normalized spacial score (nSPS) is 1.00. The Morgan fingerprint density at radius 1 is 1.25 bits per heavy atom. The van der Waals surface area contributed by atoms with E-state index >= 15 is 0 Å². The Kier molecular flexibility index (Phi) is 187. The van der Waals surface area contributed by atoms with Crippen LogP contribution in [-0.4, -0.2) is 24.7 Å². The van der Waals surface area contributed by atoms with Crippen molar-refractivity contribution in [3.63, 3.8) is 0 Å². The Hall–Kier alpha value is 0.973. The monoisotopic (exact) mass is 277 g/mol. The maximum absolute atomic E-state index is 8.36. The van der Waals surface area contributed by atoms with Gasteiger partial charge in [-0.15, -0.1) is 12.4 Å². The summed E-state index contributed by atoms with van der Waals surface area (Å²) < 4.78 is 8.36. The van der Waals surface area contributed by atoms with Gasteiger partial charge in [0.05, 0.1) is 0 Å². The minimum absolute atomic E-state index is 0. The van der Waals surface area contributed by atoms with Gasteiger partial charge in [-0.05, 0) is 0 Å². The molecular formula is CH5BiClO. The van der Waals surface area contributed by atoms with Crippen molar-refractivity contribution < 1.29 is 2.81 Å². The van der Waals surface area contributed by atoms with E-state index in [0.717, 1.165) is 0 Å². The van der Waals surface area contributed by atoms with Gasteiger partial charge in [0.2, 0.25) is 0 Å². The first-order valence-electron chi connectivity index (χ1n) is 0.183. The Morgan fingerprint density at radius 2 is 1.25 bits per heavy atom. The van der Waals surface area contributed by atoms with E-state index < -0.39 is 0 Å². The van der Waals surface area contributed by atoms with Crippen molar-refractivity contribution in [2.45, 2.75) is 7.43 Å². The van der Waals surface area contributed by atoms with E-state index in [-0.39, 0.29) is 44.6 Å². The Morgan fingerprint density at radius 3 is 1.25 bits per heavy atom. The van der Waals surface area contributed by atoms with Gasteiger partial charge in [-0.3, -0.25) is 0 Å². The van der Waals surface area contributed by atoms with Gasteiger partial charge in [0.15, 0.2) is 0 Å². The van der Waals surface area contributed by atoms with Gasteiger partial charge < -0.3 is 0 Å². The molecular weight excluding hydrogens is 272 g/mol. The summed E-state index contributed by atoms with van der Waals surface area (Å²) in [7, 11) is 0. The number of hydrogen-bond acceptors (Lipinski definition) is 1. The fourth-order valence-corrected chi connectivity index (χ4v) is 0. The van der Waals surface area contributed by atoms with Gasteiger partial charge in [-0.25, -0.2) is 0 Å². The zero-order valence-electron chi connectivity index (χ0n) is 1.26. The number of rotatable bonds is 0. The molecule has 0 aromatic carbocycles. The van der Waals surface area contributed by atoms with Gasteiger partial charge in [0.1, 0.15) is 0 Å². The standard InChI is InChI=1S/CH4.Bi.ClH.O/h1H4;;1H;. The summed E-state index contributed by atoms with van der Waals surface area (Å²) in [5, 5.41) is 0. The third-order valence-corrected chi connectivity index (χ3v) is 0.